The molecule has 11 heteroatoms. The summed E-state index contributed by atoms with van der Waals surface area (Å²) in [5, 5.41) is 7.02. The Morgan fingerprint density at radius 3 is 2.02 bits per heavy atom. The largest absolute Gasteiger partial charge is 0.444 e. The molecule has 51 heavy (non-hydrogen) atoms. The normalized spacial score (nSPS) is 15.0. The van der Waals surface area contributed by atoms with Crippen molar-refractivity contribution < 1.29 is 28.3 Å². The third-order valence-corrected chi connectivity index (χ3v) is 15.7. The minimum atomic E-state index is -2.46. The van der Waals surface area contributed by atoms with Gasteiger partial charge in [-0.05, 0) is 81.8 Å². The quantitative estimate of drug-likeness (QED) is 0.161. The van der Waals surface area contributed by atoms with E-state index in [1.807, 2.05) is 84.0 Å². The number of H-pyrrole nitrogens is 1. The van der Waals surface area contributed by atoms with Gasteiger partial charge in [-0.25, -0.2) is 9.59 Å². The Morgan fingerprint density at radius 2 is 1.41 bits per heavy atom. The number of aromatic nitrogens is 1. The molecule has 4 rings (SSSR count). The van der Waals surface area contributed by atoms with Crippen LogP contribution >= 0.6 is 0 Å². The zero-order chi connectivity index (χ0) is 37.9. The molecule has 3 N–H and O–H groups in total. The van der Waals surface area contributed by atoms with Gasteiger partial charge in [0.05, 0.1) is 12.1 Å². The molecular formula is C40H60N4O6Si. The molecule has 0 aliphatic carbocycles. The summed E-state index contributed by atoms with van der Waals surface area (Å²) in [4.78, 5) is 46.1. The molecule has 1 unspecified atom stereocenters. The second-order valence-corrected chi connectivity index (χ2v) is 22.2. The predicted molar refractivity (Wildman–Crippen MR) is 206 cm³/mol. The van der Waals surface area contributed by atoms with E-state index in [0.29, 0.717) is 18.7 Å². The summed E-state index contributed by atoms with van der Waals surface area (Å²) in [6.45, 7) is 24.9. The molecule has 0 bridgehead atoms. The summed E-state index contributed by atoms with van der Waals surface area (Å²) in [5.74, 6) is -0.159. The van der Waals surface area contributed by atoms with E-state index in [4.69, 9.17) is 13.9 Å². The van der Waals surface area contributed by atoms with E-state index in [9.17, 15) is 14.4 Å². The van der Waals surface area contributed by atoms with Crippen molar-refractivity contribution in [2.75, 3.05) is 13.1 Å². The Labute approximate surface area is 305 Å². The first-order valence-corrected chi connectivity index (χ1v) is 20.5. The van der Waals surface area contributed by atoms with Crippen molar-refractivity contribution in [3.63, 3.8) is 0 Å². The SMILES string of the molecule is CC(C)[Si](OC(CNC(=O)OC(C)(C)C)C[C@@H](CN1Cc2ccccc2-c2c([nH]c3ccccc23)C1=O)NC(=O)OC(C)(C)C)(C(C)C)C(C)C. The Morgan fingerprint density at radius 1 is 0.843 bits per heavy atom. The van der Waals surface area contributed by atoms with Crippen LogP contribution in [0.15, 0.2) is 48.5 Å². The van der Waals surface area contributed by atoms with Crippen LogP contribution in [0.5, 0.6) is 0 Å². The van der Waals surface area contributed by atoms with Crippen LogP contribution in [0.4, 0.5) is 9.59 Å². The maximum Gasteiger partial charge on any atom is 0.407 e. The van der Waals surface area contributed by atoms with Gasteiger partial charge in [-0.2, -0.15) is 0 Å². The molecule has 1 aliphatic rings. The van der Waals surface area contributed by atoms with Crippen molar-refractivity contribution in [1.29, 1.82) is 0 Å². The van der Waals surface area contributed by atoms with Crippen molar-refractivity contribution >= 4 is 37.3 Å². The van der Waals surface area contributed by atoms with E-state index in [2.05, 4.69) is 63.2 Å². The highest BCUT2D eigenvalue weighted by Crippen LogP contribution is 2.43. The maximum absolute atomic E-state index is 14.5. The highest BCUT2D eigenvalue weighted by Gasteiger charge is 2.47. The Kier molecular flexibility index (Phi) is 12.4. The highest BCUT2D eigenvalue weighted by atomic mass is 28.4. The number of benzene rings is 2. The summed E-state index contributed by atoms with van der Waals surface area (Å²) in [7, 11) is -2.46. The lowest BCUT2D eigenvalue weighted by Crippen LogP contribution is -2.55. The van der Waals surface area contributed by atoms with Crippen LogP contribution in [0, 0.1) is 0 Å². The van der Waals surface area contributed by atoms with Gasteiger partial charge in [0, 0.05) is 36.1 Å². The number of hydrogen-bond donors (Lipinski definition) is 3. The average molecular weight is 721 g/mol. The molecule has 3 aromatic rings. The van der Waals surface area contributed by atoms with E-state index < -0.39 is 43.9 Å². The van der Waals surface area contributed by atoms with Gasteiger partial charge in [-0.1, -0.05) is 84.0 Å². The van der Waals surface area contributed by atoms with E-state index in [-0.39, 0.29) is 35.6 Å². The smallest absolute Gasteiger partial charge is 0.407 e. The zero-order valence-corrected chi connectivity index (χ0v) is 33.7. The maximum atomic E-state index is 14.5. The lowest BCUT2D eigenvalue weighted by Gasteiger charge is -2.45. The summed E-state index contributed by atoms with van der Waals surface area (Å²) < 4.78 is 18.6. The Hall–Kier alpha value is -3.83. The zero-order valence-electron chi connectivity index (χ0n) is 32.7. The number of para-hydroxylation sites is 1. The van der Waals surface area contributed by atoms with Crippen LogP contribution in [0.3, 0.4) is 0 Å². The second kappa shape index (κ2) is 15.8. The third kappa shape index (κ3) is 9.74. The predicted octanol–water partition coefficient (Wildman–Crippen LogP) is 9.16. The van der Waals surface area contributed by atoms with Gasteiger partial charge in [0.2, 0.25) is 8.32 Å². The van der Waals surface area contributed by atoms with Gasteiger partial charge in [0.25, 0.3) is 5.91 Å². The Bertz CT molecular complexity index is 1660. The summed E-state index contributed by atoms with van der Waals surface area (Å²) >= 11 is 0. The van der Waals surface area contributed by atoms with Gasteiger partial charge in [-0.3, -0.25) is 4.79 Å². The number of aromatic amines is 1. The van der Waals surface area contributed by atoms with Gasteiger partial charge >= 0.3 is 12.2 Å². The number of carbonyl (C=O) groups is 3. The number of hydrogen-bond acceptors (Lipinski definition) is 6. The molecule has 0 saturated carbocycles. The van der Waals surface area contributed by atoms with Gasteiger partial charge in [0.15, 0.2) is 0 Å². The molecule has 2 aromatic carbocycles. The number of fused-ring (bicyclic) bond motifs is 5. The number of nitrogens with one attached hydrogen (secondary N) is 3. The minimum absolute atomic E-state index is 0.159. The summed E-state index contributed by atoms with van der Waals surface area (Å²) in [6, 6.07) is 15.4. The Balaban J connectivity index is 1.75. The fourth-order valence-electron chi connectivity index (χ4n) is 7.69. The number of ether oxygens (including phenoxy) is 2. The molecular weight excluding hydrogens is 661 g/mol. The molecule has 10 nitrogen and oxygen atoms in total. The molecule has 3 amide bonds. The fraction of sp³-hybridized carbons (Fsp3) is 0.575. The summed E-state index contributed by atoms with van der Waals surface area (Å²) in [5.41, 5.74) is 3.74. The minimum Gasteiger partial charge on any atom is -0.444 e. The van der Waals surface area contributed by atoms with E-state index in [1.54, 1.807) is 4.90 Å². The van der Waals surface area contributed by atoms with Crippen LogP contribution in [-0.2, 0) is 20.4 Å². The topological polar surface area (TPSA) is 122 Å². The standard InChI is InChI=1S/C40H60N4O6Si/c1-25(2)51(26(3)4,27(5)6)50-30(22-41-37(46)48-39(7,8)9)21-29(42-38(47)49-40(10,11)12)24-44-23-28-17-13-14-18-31(28)34-32-19-15-16-20-33(32)43-35(34)36(44)45/h13-20,25-27,29-30,43H,21-24H2,1-12H3,(H,41,46)(H,42,47)/t29-,30?/m0/s1. The number of alkyl carbamates (subject to hydrolysis) is 2. The molecule has 0 spiro atoms. The average Bonchev–Trinajstić information content (AvgIpc) is 3.34. The van der Waals surface area contributed by atoms with Gasteiger partial charge in [-0.15, -0.1) is 0 Å². The van der Waals surface area contributed by atoms with E-state index in [1.165, 1.54) is 0 Å². The number of amides is 3. The molecule has 1 aliphatic heterocycles. The van der Waals surface area contributed by atoms with Crippen LogP contribution in [0.25, 0.3) is 22.0 Å². The van der Waals surface area contributed by atoms with Crippen LogP contribution in [0.1, 0.15) is 106 Å². The van der Waals surface area contributed by atoms with E-state index >= 15 is 0 Å². The van der Waals surface area contributed by atoms with Crippen molar-refractivity contribution in [3.05, 3.63) is 59.8 Å². The van der Waals surface area contributed by atoms with Gasteiger partial charge < -0.3 is 34.4 Å². The number of carbonyl (C=O) groups excluding carboxylic acids is 3. The van der Waals surface area contributed by atoms with Crippen LogP contribution < -0.4 is 10.6 Å². The molecule has 2 heterocycles. The summed E-state index contributed by atoms with van der Waals surface area (Å²) in [6.07, 6.45) is -1.29. The van der Waals surface area contributed by atoms with Crippen molar-refractivity contribution in [2.45, 2.75) is 136 Å². The highest BCUT2D eigenvalue weighted by molar-refractivity contribution is 6.77. The first-order chi connectivity index (χ1) is 23.7. The van der Waals surface area contributed by atoms with Crippen molar-refractivity contribution in [1.82, 2.24) is 20.5 Å². The fourth-order valence-corrected chi connectivity index (χ4v) is 13.3. The van der Waals surface area contributed by atoms with E-state index in [0.717, 1.165) is 27.6 Å². The lowest BCUT2D eigenvalue weighted by molar-refractivity contribution is 0.0417. The van der Waals surface area contributed by atoms with Crippen LogP contribution in [0.2, 0.25) is 16.6 Å². The number of nitrogens with zero attached hydrogens (tertiary/aromatic N) is 1. The first-order valence-electron chi connectivity index (χ1n) is 18.3. The monoisotopic (exact) mass is 720 g/mol. The van der Waals surface area contributed by atoms with Crippen LogP contribution in [-0.4, -0.2) is 72.7 Å². The lowest BCUT2D eigenvalue weighted by atomic mass is 9.98. The van der Waals surface area contributed by atoms with Crippen molar-refractivity contribution in [2.24, 2.45) is 0 Å². The van der Waals surface area contributed by atoms with Gasteiger partial charge in [0.1, 0.15) is 16.9 Å². The molecule has 0 radical (unpaired) electrons. The third-order valence-electron chi connectivity index (χ3n) is 9.51. The first kappa shape index (κ1) is 39.9. The second-order valence-electron chi connectivity index (χ2n) is 16.8. The number of rotatable bonds is 12. The molecule has 2 atom stereocenters. The molecule has 1 aromatic heterocycles. The molecule has 0 fully saturated rings. The van der Waals surface area contributed by atoms with Crippen molar-refractivity contribution in [3.8, 4) is 11.1 Å². The molecule has 280 valence electrons. The molecule has 0 saturated heterocycles.